The van der Waals surface area contributed by atoms with Gasteiger partial charge >= 0.3 is 0 Å². The van der Waals surface area contributed by atoms with Crippen LogP contribution in [-0.2, 0) is 16.2 Å². The Morgan fingerprint density at radius 1 is 1.20 bits per heavy atom. The Kier molecular flexibility index (Phi) is 6.93. The number of aliphatic hydroxyl groups excluding tert-OH is 1. The Bertz CT molecular complexity index is 1050. The summed E-state index contributed by atoms with van der Waals surface area (Å²) in [7, 11) is 0. The number of halogens is 2. The minimum atomic E-state index is -2.05. The first-order valence-electron chi connectivity index (χ1n) is 8.83. The number of benzene rings is 1. The third-order valence-corrected chi connectivity index (χ3v) is 5.50. The lowest BCUT2D eigenvalue weighted by molar-refractivity contribution is -0.114. The fourth-order valence-corrected chi connectivity index (χ4v) is 3.90. The number of nitrogens with one attached hydrogen (secondary N) is 1. The topological polar surface area (TPSA) is 101 Å². The standard InChI is InChI=1S/C20H18F2N4O3S/c1-13(28)25-20-9-14(4-5-24-20)15-8-17(12-23-11-15)26(6-7-27)30(29)19-3-2-16(21)10-18(19)22/h2-5,8-12,27H,6-7H2,1H3,(H,24,25,28). The molecular formula is C20H18F2N4O3S. The molecule has 2 heterocycles. The molecule has 1 aromatic carbocycles. The maximum absolute atomic E-state index is 14.1. The van der Waals surface area contributed by atoms with Gasteiger partial charge in [0.2, 0.25) is 10.8 Å². The number of carbonyl (C=O) groups is 1. The van der Waals surface area contributed by atoms with Gasteiger partial charge in [-0.2, -0.15) is 4.31 Å². The highest BCUT2D eigenvalue weighted by Gasteiger charge is 2.27. The zero-order chi connectivity index (χ0) is 21.7. The van der Waals surface area contributed by atoms with E-state index < -0.39 is 23.0 Å². The second kappa shape index (κ2) is 9.61. The average Bonchev–Trinajstić information content (AvgIpc) is 2.71. The summed E-state index contributed by atoms with van der Waals surface area (Å²) in [6, 6.07) is 7.79. The number of aromatic nitrogens is 2. The summed E-state index contributed by atoms with van der Waals surface area (Å²) in [6.45, 7) is 0.954. The lowest BCUT2D eigenvalue weighted by atomic mass is 10.1. The molecule has 0 radical (unpaired) electrons. The van der Waals surface area contributed by atoms with E-state index in [1.54, 1.807) is 24.4 Å². The zero-order valence-electron chi connectivity index (χ0n) is 15.9. The molecule has 0 aliphatic heterocycles. The molecule has 30 heavy (non-hydrogen) atoms. The van der Waals surface area contributed by atoms with Crippen LogP contribution in [0.3, 0.4) is 0 Å². The molecule has 156 valence electrons. The summed E-state index contributed by atoms with van der Waals surface area (Å²) in [5, 5.41) is 12.0. The van der Waals surface area contributed by atoms with Crippen LogP contribution in [-0.4, -0.2) is 38.7 Å². The van der Waals surface area contributed by atoms with Crippen molar-refractivity contribution in [3.63, 3.8) is 0 Å². The van der Waals surface area contributed by atoms with E-state index in [9.17, 15) is 23.2 Å². The molecule has 1 atom stereocenters. The molecule has 1 unspecified atom stereocenters. The number of hydrogen-bond donors (Lipinski definition) is 2. The molecule has 0 aliphatic rings. The lowest BCUT2D eigenvalue weighted by Crippen LogP contribution is -2.34. The largest absolute Gasteiger partial charge is 0.588 e. The van der Waals surface area contributed by atoms with Crippen LogP contribution in [0.4, 0.5) is 20.3 Å². The highest BCUT2D eigenvalue weighted by atomic mass is 32.2. The van der Waals surface area contributed by atoms with E-state index in [0.717, 1.165) is 12.1 Å². The summed E-state index contributed by atoms with van der Waals surface area (Å²) in [5.41, 5.74) is 1.67. The fourth-order valence-electron chi connectivity index (χ4n) is 2.71. The van der Waals surface area contributed by atoms with Gasteiger partial charge in [-0.15, -0.1) is 0 Å². The van der Waals surface area contributed by atoms with Crippen LogP contribution in [0, 0.1) is 11.6 Å². The van der Waals surface area contributed by atoms with E-state index in [4.69, 9.17) is 0 Å². The summed E-state index contributed by atoms with van der Waals surface area (Å²) in [4.78, 5) is 19.2. The van der Waals surface area contributed by atoms with E-state index in [2.05, 4.69) is 15.3 Å². The Balaban J connectivity index is 1.96. The molecular weight excluding hydrogens is 414 g/mol. The third kappa shape index (κ3) is 5.09. The Morgan fingerprint density at radius 3 is 2.70 bits per heavy atom. The number of hydrogen-bond acceptors (Lipinski definition) is 6. The van der Waals surface area contributed by atoms with Gasteiger partial charge in [0, 0.05) is 37.0 Å². The van der Waals surface area contributed by atoms with Crippen molar-refractivity contribution >= 4 is 28.8 Å². The summed E-state index contributed by atoms with van der Waals surface area (Å²) < 4.78 is 41.6. The Hall–Kier alpha value is -3.08. The van der Waals surface area contributed by atoms with Crippen molar-refractivity contribution in [2.75, 3.05) is 22.8 Å². The molecule has 0 bridgehead atoms. The molecule has 2 aromatic heterocycles. The second-order valence-corrected chi connectivity index (χ2v) is 7.57. The number of nitrogens with zero attached hydrogens (tertiary/aromatic N) is 3. The first-order valence-corrected chi connectivity index (χ1v) is 9.94. The van der Waals surface area contributed by atoms with E-state index in [1.165, 1.54) is 23.6 Å². The van der Waals surface area contributed by atoms with Gasteiger partial charge in [0.05, 0.1) is 19.3 Å². The van der Waals surface area contributed by atoms with Gasteiger partial charge in [0.15, 0.2) is 5.82 Å². The fraction of sp³-hybridized carbons (Fsp3) is 0.150. The van der Waals surface area contributed by atoms with Crippen LogP contribution in [0.15, 0.2) is 59.9 Å². The van der Waals surface area contributed by atoms with Crippen LogP contribution >= 0.6 is 0 Å². The highest BCUT2D eigenvalue weighted by Crippen LogP contribution is 2.29. The molecule has 3 aromatic rings. The molecule has 0 aliphatic carbocycles. The minimum absolute atomic E-state index is 0.0674. The van der Waals surface area contributed by atoms with Crippen molar-refractivity contribution in [2.45, 2.75) is 11.8 Å². The molecule has 0 spiro atoms. The van der Waals surface area contributed by atoms with Crippen LogP contribution in [0.25, 0.3) is 11.1 Å². The smallest absolute Gasteiger partial charge is 0.222 e. The van der Waals surface area contributed by atoms with E-state index >= 15 is 0 Å². The van der Waals surface area contributed by atoms with Crippen molar-refractivity contribution in [2.24, 2.45) is 0 Å². The van der Waals surface area contributed by atoms with Crippen LogP contribution in [0.1, 0.15) is 6.92 Å². The number of rotatable bonds is 7. The van der Waals surface area contributed by atoms with E-state index in [0.29, 0.717) is 28.7 Å². The number of amides is 1. The molecule has 3 rings (SSSR count). The molecule has 7 nitrogen and oxygen atoms in total. The van der Waals surface area contributed by atoms with E-state index in [-0.39, 0.29) is 24.0 Å². The maximum Gasteiger partial charge on any atom is 0.222 e. The Morgan fingerprint density at radius 2 is 2.00 bits per heavy atom. The predicted molar refractivity (Wildman–Crippen MR) is 109 cm³/mol. The highest BCUT2D eigenvalue weighted by molar-refractivity contribution is 7.92. The number of carbonyl (C=O) groups excluding carboxylic acids is 1. The van der Waals surface area contributed by atoms with Gasteiger partial charge in [0.25, 0.3) is 0 Å². The number of pyridine rings is 2. The van der Waals surface area contributed by atoms with Gasteiger partial charge in [-0.25, -0.2) is 13.8 Å². The zero-order valence-corrected chi connectivity index (χ0v) is 16.7. The van der Waals surface area contributed by atoms with Gasteiger partial charge < -0.3 is 15.0 Å². The minimum Gasteiger partial charge on any atom is -0.588 e. The summed E-state index contributed by atoms with van der Waals surface area (Å²) in [6.07, 6.45) is 4.51. The van der Waals surface area contributed by atoms with Gasteiger partial charge in [-0.05, 0) is 29.8 Å². The molecule has 0 fully saturated rings. The Labute approximate surface area is 174 Å². The number of anilines is 2. The third-order valence-electron chi connectivity index (χ3n) is 3.99. The van der Waals surface area contributed by atoms with Crippen molar-refractivity contribution in [3.05, 3.63) is 66.6 Å². The lowest BCUT2D eigenvalue weighted by Gasteiger charge is -2.25. The van der Waals surface area contributed by atoms with Crippen molar-refractivity contribution < 1.29 is 23.2 Å². The van der Waals surface area contributed by atoms with E-state index in [1.807, 2.05) is 0 Å². The van der Waals surface area contributed by atoms with Crippen LogP contribution in [0.2, 0.25) is 0 Å². The quantitative estimate of drug-likeness (QED) is 0.557. The molecule has 1 amide bonds. The second-order valence-electron chi connectivity index (χ2n) is 6.19. The average molecular weight is 432 g/mol. The monoisotopic (exact) mass is 432 g/mol. The molecule has 10 heteroatoms. The van der Waals surface area contributed by atoms with Crippen molar-refractivity contribution in [1.82, 2.24) is 9.97 Å². The van der Waals surface area contributed by atoms with Gasteiger partial charge in [-0.3, -0.25) is 9.78 Å². The SMILES string of the molecule is CC(=O)Nc1cc(-c2cncc(N(CCO)[S+]([O-])c3ccc(F)cc3F)c2)ccn1. The van der Waals surface area contributed by atoms with Crippen LogP contribution < -0.4 is 9.62 Å². The predicted octanol–water partition coefficient (Wildman–Crippen LogP) is 2.90. The number of aliphatic hydroxyl groups is 1. The summed E-state index contributed by atoms with van der Waals surface area (Å²) in [5.74, 6) is -1.64. The summed E-state index contributed by atoms with van der Waals surface area (Å²) >= 11 is -2.05. The molecule has 0 saturated carbocycles. The van der Waals surface area contributed by atoms with Crippen molar-refractivity contribution in [1.29, 1.82) is 0 Å². The van der Waals surface area contributed by atoms with Gasteiger partial charge in [0.1, 0.15) is 28.7 Å². The molecule has 2 N–H and O–H groups in total. The van der Waals surface area contributed by atoms with Gasteiger partial charge in [-0.1, -0.05) is 0 Å². The first kappa shape index (κ1) is 21.6. The maximum atomic E-state index is 14.1. The molecule has 0 saturated heterocycles. The normalized spacial score (nSPS) is 11.8. The van der Waals surface area contributed by atoms with Crippen molar-refractivity contribution in [3.8, 4) is 11.1 Å². The van der Waals surface area contributed by atoms with Crippen LogP contribution in [0.5, 0.6) is 0 Å². The first-order chi connectivity index (χ1) is 14.4.